The molecule has 0 spiro atoms. The number of carbonyl (C=O) groups is 2. The molecule has 0 aliphatic rings. The number of carboxylic acids is 1. The highest BCUT2D eigenvalue weighted by Gasteiger charge is 2.11. The molecule has 0 saturated carbocycles. The maximum atomic E-state index is 12.1. The first-order valence-corrected chi connectivity index (χ1v) is 9.35. The number of anilines is 1. The number of carboxylic acid groups (broad SMARTS) is 1. The van der Waals surface area contributed by atoms with E-state index in [1.165, 1.54) is 28.8 Å². The first-order chi connectivity index (χ1) is 13.9. The summed E-state index contributed by atoms with van der Waals surface area (Å²) in [5.41, 5.74) is 4.23. The van der Waals surface area contributed by atoms with Gasteiger partial charge in [-0.1, -0.05) is 49.4 Å². The Balaban J connectivity index is 1.57. The smallest absolute Gasteiger partial charge is 0.335 e. The number of carbonyl (C=O) groups excluding carboxylic acids is 1. The van der Waals surface area contributed by atoms with Crippen LogP contribution in [-0.4, -0.2) is 23.6 Å². The summed E-state index contributed by atoms with van der Waals surface area (Å²) in [6, 6.07) is 22.1. The Kier molecular flexibility index (Phi) is 6.29. The van der Waals surface area contributed by atoms with Gasteiger partial charge in [0, 0.05) is 11.6 Å². The molecule has 1 unspecified atom stereocenters. The summed E-state index contributed by atoms with van der Waals surface area (Å²) in [6.45, 7) is 4.11. The molecule has 0 saturated heterocycles. The molecular weight excluding hydrogens is 366 g/mol. The van der Waals surface area contributed by atoms with Crippen LogP contribution in [0, 0.1) is 6.92 Å². The molecule has 3 aromatic carbocycles. The lowest BCUT2D eigenvalue weighted by Crippen LogP contribution is -2.20. The average Bonchev–Trinajstić information content (AvgIpc) is 2.73. The van der Waals surface area contributed by atoms with Gasteiger partial charge in [-0.25, -0.2) is 4.79 Å². The van der Waals surface area contributed by atoms with Gasteiger partial charge < -0.3 is 15.2 Å². The van der Waals surface area contributed by atoms with Crippen LogP contribution in [0.5, 0.6) is 5.75 Å². The SMILES string of the molecule is Cc1ccccc1C(C)c1ccc(OCC(=O)Nc2cccc(C(=O)O)c2)cc1. The van der Waals surface area contributed by atoms with Gasteiger partial charge in [0.15, 0.2) is 6.61 Å². The molecule has 3 rings (SSSR count). The summed E-state index contributed by atoms with van der Waals surface area (Å²) in [6.07, 6.45) is 0. The first-order valence-electron chi connectivity index (χ1n) is 9.35. The standard InChI is InChI=1S/C24H23NO4/c1-16-6-3-4-9-22(16)17(2)18-10-12-21(13-11-18)29-15-23(26)25-20-8-5-7-19(14-20)24(27)28/h3-14,17H,15H2,1-2H3,(H,25,26)(H,27,28). The highest BCUT2D eigenvalue weighted by molar-refractivity contribution is 5.94. The van der Waals surface area contributed by atoms with Gasteiger partial charge in [-0.2, -0.15) is 0 Å². The van der Waals surface area contributed by atoms with Gasteiger partial charge in [0.2, 0.25) is 0 Å². The van der Waals surface area contributed by atoms with E-state index in [1.54, 1.807) is 12.1 Å². The maximum absolute atomic E-state index is 12.1. The van der Waals surface area contributed by atoms with Crippen molar-refractivity contribution < 1.29 is 19.4 Å². The van der Waals surface area contributed by atoms with Gasteiger partial charge in [0.1, 0.15) is 5.75 Å². The Bertz CT molecular complexity index is 1010. The Labute approximate surface area is 170 Å². The maximum Gasteiger partial charge on any atom is 0.335 e. The lowest BCUT2D eigenvalue weighted by molar-refractivity contribution is -0.118. The number of aromatic carboxylic acids is 1. The molecule has 0 bridgehead atoms. The largest absolute Gasteiger partial charge is 0.484 e. The van der Waals surface area contributed by atoms with Crippen LogP contribution in [0.1, 0.15) is 39.9 Å². The second-order valence-corrected chi connectivity index (χ2v) is 6.87. The highest BCUT2D eigenvalue weighted by Crippen LogP contribution is 2.27. The van der Waals surface area contributed by atoms with Crippen LogP contribution in [0.3, 0.4) is 0 Å². The number of hydrogen-bond donors (Lipinski definition) is 2. The van der Waals surface area contributed by atoms with Gasteiger partial charge in [-0.05, 0) is 53.9 Å². The van der Waals surface area contributed by atoms with Crippen molar-refractivity contribution >= 4 is 17.6 Å². The number of amides is 1. The molecule has 0 heterocycles. The van der Waals surface area contributed by atoms with E-state index in [9.17, 15) is 9.59 Å². The molecule has 5 nitrogen and oxygen atoms in total. The normalized spacial score (nSPS) is 11.5. The van der Waals surface area contributed by atoms with Gasteiger partial charge in [-0.15, -0.1) is 0 Å². The van der Waals surface area contributed by atoms with E-state index >= 15 is 0 Å². The minimum absolute atomic E-state index is 0.113. The van der Waals surface area contributed by atoms with Gasteiger partial charge in [-0.3, -0.25) is 4.79 Å². The predicted octanol–water partition coefficient (Wildman–Crippen LogP) is 4.86. The van der Waals surface area contributed by atoms with Crippen LogP contribution in [0.2, 0.25) is 0 Å². The summed E-state index contributed by atoms with van der Waals surface area (Å²) < 4.78 is 5.55. The Morgan fingerprint density at radius 1 is 1.00 bits per heavy atom. The van der Waals surface area contributed by atoms with Gasteiger partial charge in [0.25, 0.3) is 5.91 Å². The average molecular weight is 389 g/mol. The van der Waals surface area contributed by atoms with Crippen LogP contribution >= 0.6 is 0 Å². The molecule has 2 N–H and O–H groups in total. The van der Waals surface area contributed by atoms with E-state index in [0.717, 1.165) is 0 Å². The van der Waals surface area contributed by atoms with E-state index in [0.29, 0.717) is 11.4 Å². The Morgan fingerprint density at radius 2 is 1.72 bits per heavy atom. The molecule has 0 aliphatic heterocycles. The molecule has 1 atom stereocenters. The van der Waals surface area contributed by atoms with Crippen molar-refractivity contribution in [3.05, 3.63) is 95.1 Å². The predicted molar refractivity (Wildman–Crippen MR) is 113 cm³/mol. The second-order valence-electron chi connectivity index (χ2n) is 6.87. The van der Waals surface area contributed by atoms with Crippen LogP contribution < -0.4 is 10.1 Å². The fourth-order valence-corrected chi connectivity index (χ4v) is 3.18. The number of hydrogen-bond acceptors (Lipinski definition) is 3. The van der Waals surface area contributed by atoms with Crippen molar-refractivity contribution in [2.75, 3.05) is 11.9 Å². The zero-order valence-electron chi connectivity index (χ0n) is 16.4. The van der Waals surface area contributed by atoms with E-state index in [2.05, 4.69) is 31.3 Å². The summed E-state index contributed by atoms with van der Waals surface area (Å²) in [5, 5.41) is 11.6. The molecule has 0 aromatic heterocycles. The number of ether oxygens (including phenoxy) is 1. The quantitative estimate of drug-likeness (QED) is 0.605. The molecule has 3 aromatic rings. The number of aryl methyl sites for hydroxylation is 1. The minimum Gasteiger partial charge on any atom is -0.484 e. The molecular formula is C24H23NO4. The number of rotatable bonds is 7. The fraction of sp³-hybridized carbons (Fsp3) is 0.167. The Morgan fingerprint density at radius 3 is 2.41 bits per heavy atom. The van der Waals surface area contributed by atoms with Crippen molar-refractivity contribution in [1.82, 2.24) is 0 Å². The zero-order valence-corrected chi connectivity index (χ0v) is 16.4. The Hall–Kier alpha value is -3.60. The fourth-order valence-electron chi connectivity index (χ4n) is 3.18. The topological polar surface area (TPSA) is 75.6 Å². The lowest BCUT2D eigenvalue weighted by atomic mass is 9.90. The van der Waals surface area contributed by atoms with Gasteiger partial charge in [0.05, 0.1) is 5.56 Å². The number of benzene rings is 3. The van der Waals surface area contributed by atoms with Crippen molar-refractivity contribution in [1.29, 1.82) is 0 Å². The molecule has 148 valence electrons. The van der Waals surface area contributed by atoms with Crippen molar-refractivity contribution in [3.8, 4) is 5.75 Å². The van der Waals surface area contributed by atoms with Crippen LogP contribution in [0.4, 0.5) is 5.69 Å². The molecule has 29 heavy (non-hydrogen) atoms. The minimum atomic E-state index is -1.04. The molecule has 0 aliphatic carbocycles. The summed E-state index contributed by atoms with van der Waals surface area (Å²) >= 11 is 0. The molecule has 1 amide bonds. The third-order valence-corrected chi connectivity index (χ3v) is 4.80. The molecule has 0 radical (unpaired) electrons. The zero-order chi connectivity index (χ0) is 20.8. The monoisotopic (exact) mass is 389 g/mol. The van der Waals surface area contributed by atoms with E-state index in [1.807, 2.05) is 36.4 Å². The highest BCUT2D eigenvalue weighted by atomic mass is 16.5. The van der Waals surface area contributed by atoms with E-state index in [-0.39, 0.29) is 24.0 Å². The van der Waals surface area contributed by atoms with Crippen LogP contribution in [0.15, 0.2) is 72.8 Å². The van der Waals surface area contributed by atoms with Gasteiger partial charge >= 0.3 is 5.97 Å². The van der Waals surface area contributed by atoms with Crippen molar-refractivity contribution in [3.63, 3.8) is 0 Å². The summed E-state index contributed by atoms with van der Waals surface area (Å²) in [5.74, 6) is -0.544. The third kappa shape index (κ3) is 5.23. The number of nitrogens with one attached hydrogen (secondary N) is 1. The van der Waals surface area contributed by atoms with E-state index < -0.39 is 5.97 Å². The third-order valence-electron chi connectivity index (χ3n) is 4.80. The first kappa shape index (κ1) is 20.1. The molecule has 5 heteroatoms. The summed E-state index contributed by atoms with van der Waals surface area (Å²) in [4.78, 5) is 23.1. The molecule has 0 fully saturated rings. The van der Waals surface area contributed by atoms with Crippen molar-refractivity contribution in [2.24, 2.45) is 0 Å². The van der Waals surface area contributed by atoms with Crippen molar-refractivity contribution in [2.45, 2.75) is 19.8 Å². The van der Waals surface area contributed by atoms with Crippen LogP contribution in [-0.2, 0) is 4.79 Å². The van der Waals surface area contributed by atoms with Crippen LogP contribution in [0.25, 0.3) is 0 Å². The summed E-state index contributed by atoms with van der Waals surface area (Å²) in [7, 11) is 0. The lowest BCUT2D eigenvalue weighted by Gasteiger charge is -2.15. The van der Waals surface area contributed by atoms with E-state index in [4.69, 9.17) is 9.84 Å². The second kappa shape index (κ2) is 9.06.